The maximum Gasteiger partial charge on any atom is 0.113 e. The Morgan fingerprint density at radius 3 is 2.77 bits per heavy atom. The van der Waals surface area contributed by atoms with Crippen LogP contribution in [0.25, 0.3) is 5.57 Å². The predicted octanol–water partition coefficient (Wildman–Crippen LogP) is 5.99. The van der Waals surface area contributed by atoms with Crippen LogP contribution in [0.3, 0.4) is 0 Å². The third-order valence-corrected chi connectivity index (χ3v) is 6.49. The van der Waals surface area contributed by atoms with E-state index in [0.29, 0.717) is 6.42 Å². The van der Waals surface area contributed by atoms with E-state index in [-0.39, 0.29) is 12.0 Å². The molecule has 3 rings (SSSR count). The number of hydrogen-bond donors (Lipinski definition) is 1. The van der Waals surface area contributed by atoms with E-state index < -0.39 is 5.67 Å². The molecule has 2 aliphatic carbocycles. The molecule has 0 aromatic carbocycles. The van der Waals surface area contributed by atoms with Crippen LogP contribution in [0.15, 0.2) is 6.58 Å². The van der Waals surface area contributed by atoms with E-state index in [9.17, 15) is 4.39 Å². The molecule has 3 heteroatoms. The van der Waals surface area contributed by atoms with Gasteiger partial charge in [-0.25, -0.2) is 4.39 Å². The molecule has 1 heterocycles. The van der Waals surface area contributed by atoms with Gasteiger partial charge in [-0.3, -0.25) is 0 Å². The van der Waals surface area contributed by atoms with Crippen LogP contribution < -0.4 is 5.32 Å². The summed E-state index contributed by atoms with van der Waals surface area (Å²) in [6.45, 7) is 10.4. The standard InChI is InChI=1S/C19H28FNS/c1-5-8-12(2)17-14-9-6-7-10-16(14)22-18(17)21-13(3)15-11-19(15,4)20/h13,15,21H,2,5-11H2,1,3-4H3. The molecular weight excluding hydrogens is 293 g/mol. The Bertz CT molecular complexity index is 572. The highest BCUT2D eigenvalue weighted by molar-refractivity contribution is 7.16. The largest absolute Gasteiger partial charge is 0.374 e. The molecule has 1 N–H and O–H groups in total. The van der Waals surface area contributed by atoms with Gasteiger partial charge in [0, 0.05) is 22.4 Å². The molecule has 1 saturated carbocycles. The van der Waals surface area contributed by atoms with Gasteiger partial charge in [0.1, 0.15) is 5.67 Å². The minimum atomic E-state index is -0.968. The fourth-order valence-corrected chi connectivity index (χ4v) is 5.28. The monoisotopic (exact) mass is 321 g/mol. The predicted molar refractivity (Wildman–Crippen MR) is 95.6 cm³/mol. The average molecular weight is 322 g/mol. The summed E-state index contributed by atoms with van der Waals surface area (Å²) in [5.41, 5.74) is 3.19. The third kappa shape index (κ3) is 2.97. The fourth-order valence-electron chi connectivity index (χ4n) is 3.84. The summed E-state index contributed by atoms with van der Waals surface area (Å²) in [5, 5.41) is 4.89. The van der Waals surface area contributed by atoms with Crippen molar-refractivity contribution < 1.29 is 4.39 Å². The highest BCUT2D eigenvalue weighted by atomic mass is 32.1. The van der Waals surface area contributed by atoms with Gasteiger partial charge in [0.05, 0.1) is 5.00 Å². The van der Waals surface area contributed by atoms with Crippen LogP contribution in [0.5, 0.6) is 0 Å². The molecule has 0 radical (unpaired) electrons. The molecule has 0 spiro atoms. The number of aryl methyl sites for hydroxylation is 1. The first-order valence-corrected chi connectivity index (χ1v) is 9.53. The number of nitrogens with one attached hydrogen (secondary N) is 1. The van der Waals surface area contributed by atoms with Crippen LogP contribution in [0, 0.1) is 5.92 Å². The van der Waals surface area contributed by atoms with Crippen molar-refractivity contribution in [2.75, 3.05) is 5.32 Å². The second kappa shape index (κ2) is 5.99. The summed E-state index contributed by atoms with van der Waals surface area (Å²) in [6.07, 6.45) is 7.85. The molecule has 3 atom stereocenters. The maximum atomic E-state index is 14.0. The van der Waals surface area contributed by atoms with Crippen molar-refractivity contribution in [3.05, 3.63) is 22.6 Å². The van der Waals surface area contributed by atoms with Crippen molar-refractivity contribution in [3.63, 3.8) is 0 Å². The van der Waals surface area contributed by atoms with E-state index in [1.807, 2.05) is 11.3 Å². The molecule has 1 aromatic rings. The molecule has 22 heavy (non-hydrogen) atoms. The van der Waals surface area contributed by atoms with Crippen molar-refractivity contribution in [1.29, 1.82) is 0 Å². The fraction of sp³-hybridized carbons (Fsp3) is 0.684. The van der Waals surface area contributed by atoms with Gasteiger partial charge in [0.15, 0.2) is 0 Å². The molecule has 0 aliphatic heterocycles. The quantitative estimate of drug-likeness (QED) is 0.678. The molecule has 122 valence electrons. The number of thiophene rings is 1. The molecule has 0 saturated heterocycles. The number of alkyl halides is 1. The zero-order valence-corrected chi connectivity index (χ0v) is 14.9. The van der Waals surface area contributed by atoms with Crippen molar-refractivity contribution in [2.24, 2.45) is 5.92 Å². The van der Waals surface area contributed by atoms with Crippen molar-refractivity contribution in [1.82, 2.24) is 0 Å². The van der Waals surface area contributed by atoms with Gasteiger partial charge in [0.2, 0.25) is 0 Å². The molecule has 1 nitrogen and oxygen atoms in total. The van der Waals surface area contributed by atoms with Crippen LogP contribution in [-0.4, -0.2) is 11.7 Å². The second-order valence-electron chi connectivity index (χ2n) is 7.29. The van der Waals surface area contributed by atoms with Crippen LogP contribution in [-0.2, 0) is 12.8 Å². The van der Waals surface area contributed by atoms with Gasteiger partial charge >= 0.3 is 0 Å². The number of fused-ring (bicyclic) bond motifs is 1. The Hall–Kier alpha value is -0.830. The van der Waals surface area contributed by atoms with Gasteiger partial charge < -0.3 is 5.32 Å². The van der Waals surface area contributed by atoms with E-state index in [1.165, 1.54) is 52.3 Å². The Labute approximate surface area is 138 Å². The Morgan fingerprint density at radius 1 is 1.45 bits per heavy atom. The van der Waals surface area contributed by atoms with Gasteiger partial charge in [-0.05, 0) is 63.5 Å². The lowest BCUT2D eigenvalue weighted by Gasteiger charge is -2.18. The maximum absolute atomic E-state index is 14.0. The molecule has 2 aliphatic rings. The minimum Gasteiger partial charge on any atom is -0.374 e. The first-order chi connectivity index (χ1) is 10.4. The topological polar surface area (TPSA) is 12.0 Å². The molecular formula is C19H28FNS. The molecule has 1 fully saturated rings. The number of rotatable bonds is 6. The SMILES string of the molecule is C=C(CCC)c1c(NC(C)C2CC2(C)F)sc2c1CCCC2. The van der Waals surface area contributed by atoms with Gasteiger partial charge in [-0.15, -0.1) is 11.3 Å². The Kier molecular flexibility index (Phi) is 4.37. The van der Waals surface area contributed by atoms with E-state index in [0.717, 1.165) is 12.8 Å². The Morgan fingerprint density at radius 2 is 2.14 bits per heavy atom. The minimum absolute atomic E-state index is 0.152. The van der Waals surface area contributed by atoms with Gasteiger partial charge in [-0.1, -0.05) is 19.9 Å². The van der Waals surface area contributed by atoms with E-state index in [1.54, 1.807) is 6.92 Å². The normalized spacial score (nSPS) is 28.1. The summed E-state index contributed by atoms with van der Waals surface area (Å²) in [5.74, 6) is 0.152. The highest BCUT2D eigenvalue weighted by Crippen LogP contribution is 2.50. The second-order valence-corrected chi connectivity index (χ2v) is 8.40. The van der Waals surface area contributed by atoms with E-state index in [4.69, 9.17) is 0 Å². The lowest BCUT2D eigenvalue weighted by Crippen LogP contribution is -2.21. The number of hydrogen-bond acceptors (Lipinski definition) is 2. The Balaban J connectivity index is 1.86. The summed E-state index contributed by atoms with van der Waals surface area (Å²) >= 11 is 1.90. The zero-order chi connectivity index (χ0) is 15.9. The summed E-state index contributed by atoms with van der Waals surface area (Å²) in [7, 11) is 0. The lowest BCUT2D eigenvalue weighted by atomic mass is 9.91. The van der Waals surface area contributed by atoms with E-state index >= 15 is 0 Å². The van der Waals surface area contributed by atoms with Crippen LogP contribution >= 0.6 is 11.3 Å². The van der Waals surface area contributed by atoms with Crippen LogP contribution in [0.2, 0.25) is 0 Å². The van der Waals surface area contributed by atoms with Crippen molar-refractivity contribution >= 4 is 21.9 Å². The summed E-state index contributed by atoms with van der Waals surface area (Å²) < 4.78 is 14.0. The summed E-state index contributed by atoms with van der Waals surface area (Å²) in [4.78, 5) is 1.53. The van der Waals surface area contributed by atoms with Gasteiger partial charge in [0.25, 0.3) is 0 Å². The third-order valence-electron chi connectivity index (χ3n) is 5.27. The number of anilines is 1. The van der Waals surface area contributed by atoms with E-state index in [2.05, 4.69) is 25.7 Å². The smallest absolute Gasteiger partial charge is 0.113 e. The van der Waals surface area contributed by atoms with Crippen LogP contribution in [0.1, 0.15) is 68.9 Å². The lowest BCUT2D eigenvalue weighted by molar-refractivity contribution is 0.301. The van der Waals surface area contributed by atoms with Crippen molar-refractivity contribution in [3.8, 4) is 0 Å². The first kappa shape index (κ1) is 16.0. The number of halogens is 1. The average Bonchev–Trinajstić information content (AvgIpc) is 2.95. The zero-order valence-electron chi connectivity index (χ0n) is 14.1. The van der Waals surface area contributed by atoms with Crippen LogP contribution in [0.4, 0.5) is 9.39 Å². The molecule has 0 bridgehead atoms. The first-order valence-electron chi connectivity index (χ1n) is 8.72. The molecule has 3 unspecified atom stereocenters. The van der Waals surface area contributed by atoms with Gasteiger partial charge in [-0.2, -0.15) is 0 Å². The molecule has 1 aromatic heterocycles. The molecule has 0 amide bonds. The van der Waals surface area contributed by atoms with Crippen molar-refractivity contribution in [2.45, 2.75) is 77.4 Å². The summed E-state index contributed by atoms with van der Waals surface area (Å²) in [6, 6.07) is 0.197. The highest BCUT2D eigenvalue weighted by Gasteiger charge is 2.54. The number of allylic oxidation sites excluding steroid dienone is 1.